The molecular weight excluding hydrogens is 293 g/mol. The predicted molar refractivity (Wildman–Crippen MR) is 78.8 cm³/mol. The molecule has 0 aromatic heterocycles. The zero-order valence-corrected chi connectivity index (χ0v) is 11.9. The molecule has 110 valence electrons. The maximum absolute atomic E-state index is 12.8. The van der Waals surface area contributed by atoms with Crippen LogP contribution in [0.3, 0.4) is 0 Å². The normalized spacial score (nSPS) is 11.9. The molecule has 4 nitrogen and oxygen atoms in total. The Bertz CT molecular complexity index is 641. The highest BCUT2D eigenvalue weighted by molar-refractivity contribution is 7.84. The third-order valence-electron chi connectivity index (χ3n) is 2.60. The van der Waals surface area contributed by atoms with Gasteiger partial charge in [-0.15, -0.1) is 0 Å². The van der Waals surface area contributed by atoms with E-state index >= 15 is 0 Å². The van der Waals surface area contributed by atoms with Gasteiger partial charge in [-0.25, -0.2) is 4.39 Å². The van der Waals surface area contributed by atoms with Crippen molar-refractivity contribution in [1.29, 1.82) is 0 Å². The molecule has 2 aromatic rings. The lowest BCUT2D eigenvalue weighted by Gasteiger charge is -2.06. The van der Waals surface area contributed by atoms with Crippen molar-refractivity contribution >= 4 is 16.7 Å². The topological polar surface area (TPSA) is 69.4 Å². The van der Waals surface area contributed by atoms with E-state index < -0.39 is 16.7 Å². The molecular formula is C15H14FNO3S. The van der Waals surface area contributed by atoms with Gasteiger partial charge < -0.3 is 10.5 Å². The molecule has 1 amide bonds. The Labute approximate surface area is 124 Å². The van der Waals surface area contributed by atoms with Gasteiger partial charge in [-0.3, -0.25) is 9.00 Å². The molecule has 0 bridgehead atoms. The summed E-state index contributed by atoms with van der Waals surface area (Å²) < 4.78 is 29.9. The highest BCUT2D eigenvalue weighted by atomic mass is 32.2. The van der Waals surface area contributed by atoms with Crippen molar-refractivity contribution in [1.82, 2.24) is 0 Å². The highest BCUT2D eigenvalue weighted by Gasteiger charge is 2.06. The Morgan fingerprint density at radius 3 is 2.10 bits per heavy atom. The zero-order valence-electron chi connectivity index (χ0n) is 11.1. The van der Waals surface area contributed by atoms with Crippen molar-refractivity contribution in [2.45, 2.75) is 5.75 Å². The van der Waals surface area contributed by atoms with Gasteiger partial charge in [0.1, 0.15) is 23.1 Å². The summed E-state index contributed by atoms with van der Waals surface area (Å²) in [6, 6.07) is 12.7. The first kappa shape index (κ1) is 15.2. The predicted octanol–water partition coefficient (Wildman–Crippen LogP) is 2.35. The Morgan fingerprint density at radius 1 is 1.05 bits per heavy atom. The van der Waals surface area contributed by atoms with Gasteiger partial charge in [-0.05, 0) is 42.0 Å². The molecule has 0 spiro atoms. The van der Waals surface area contributed by atoms with Gasteiger partial charge in [0.15, 0.2) is 0 Å². The van der Waals surface area contributed by atoms with Crippen LogP contribution in [0.5, 0.6) is 11.5 Å². The summed E-state index contributed by atoms with van der Waals surface area (Å²) in [5.74, 6) is 0.333. The number of ether oxygens (including phenoxy) is 1. The number of hydrogen-bond acceptors (Lipinski definition) is 3. The largest absolute Gasteiger partial charge is 0.457 e. The van der Waals surface area contributed by atoms with Crippen LogP contribution in [0.25, 0.3) is 0 Å². The second-order valence-electron chi connectivity index (χ2n) is 4.39. The molecule has 0 heterocycles. The summed E-state index contributed by atoms with van der Waals surface area (Å²) in [6.45, 7) is 0. The van der Waals surface area contributed by atoms with Crippen LogP contribution in [-0.2, 0) is 21.3 Å². The maximum atomic E-state index is 12.8. The van der Waals surface area contributed by atoms with E-state index in [2.05, 4.69) is 0 Å². The smallest absolute Gasteiger partial charge is 0.230 e. The summed E-state index contributed by atoms with van der Waals surface area (Å²) in [5, 5.41) is 0. The van der Waals surface area contributed by atoms with Crippen LogP contribution in [0.15, 0.2) is 48.5 Å². The number of primary amides is 1. The minimum Gasteiger partial charge on any atom is -0.457 e. The lowest BCUT2D eigenvalue weighted by molar-refractivity contribution is -0.115. The van der Waals surface area contributed by atoms with Crippen molar-refractivity contribution in [3.8, 4) is 11.5 Å². The Kier molecular flexibility index (Phi) is 5.05. The first-order valence-corrected chi connectivity index (χ1v) is 7.67. The number of hydrogen-bond donors (Lipinski definition) is 1. The van der Waals surface area contributed by atoms with Crippen molar-refractivity contribution in [3.63, 3.8) is 0 Å². The second kappa shape index (κ2) is 6.99. The molecule has 0 saturated carbocycles. The van der Waals surface area contributed by atoms with E-state index in [1.807, 2.05) is 0 Å². The number of nitrogens with two attached hydrogens (primary N) is 1. The Morgan fingerprint density at radius 2 is 1.57 bits per heavy atom. The molecule has 0 fully saturated rings. The molecule has 0 aliphatic heterocycles. The van der Waals surface area contributed by atoms with Crippen LogP contribution in [0, 0.1) is 5.82 Å². The molecule has 0 saturated heterocycles. The Hall–Kier alpha value is -2.21. The van der Waals surface area contributed by atoms with Gasteiger partial charge in [-0.2, -0.15) is 0 Å². The zero-order chi connectivity index (χ0) is 15.2. The van der Waals surface area contributed by atoms with Gasteiger partial charge in [0, 0.05) is 16.6 Å². The number of halogens is 1. The van der Waals surface area contributed by atoms with Gasteiger partial charge in [0.05, 0.1) is 0 Å². The monoisotopic (exact) mass is 307 g/mol. The number of amides is 1. The molecule has 0 aliphatic carbocycles. The summed E-state index contributed by atoms with van der Waals surface area (Å²) in [4.78, 5) is 10.7. The third kappa shape index (κ3) is 5.00. The quantitative estimate of drug-likeness (QED) is 0.890. The molecule has 21 heavy (non-hydrogen) atoms. The fraction of sp³-hybridized carbons (Fsp3) is 0.133. The van der Waals surface area contributed by atoms with E-state index in [1.165, 1.54) is 24.3 Å². The van der Waals surface area contributed by atoms with Crippen molar-refractivity contribution in [2.24, 2.45) is 5.73 Å². The SMILES string of the molecule is NC(=O)CS(=O)Cc1ccc(Oc2ccc(F)cc2)cc1. The minimum atomic E-state index is -1.31. The average Bonchev–Trinajstić information content (AvgIpc) is 2.42. The first-order chi connectivity index (χ1) is 10.0. The molecule has 0 aliphatic rings. The minimum absolute atomic E-state index is 0.145. The van der Waals surface area contributed by atoms with E-state index in [-0.39, 0.29) is 17.3 Å². The van der Waals surface area contributed by atoms with Gasteiger partial charge in [0.2, 0.25) is 5.91 Å². The highest BCUT2D eigenvalue weighted by Crippen LogP contribution is 2.22. The Balaban J connectivity index is 1.97. The van der Waals surface area contributed by atoms with E-state index in [1.54, 1.807) is 24.3 Å². The summed E-state index contributed by atoms with van der Waals surface area (Å²) in [6.07, 6.45) is 0. The molecule has 2 rings (SSSR count). The molecule has 2 N–H and O–H groups in total. The molecule has 6 heteroatoms. The van der Waals surface area contributed by atoms with Crippen molar-refractivity contribution in [3.05, 3.63) is 59.9 Å². The van der Waals surface area contributed by atoms with Crippen molar-refractivity contribution in [2.75, 3.05) is 5.75 Å². The average molecular weight is 307 g/mol. The first-order valence-electron chi connectivity index (χ1n) is 6.18. The molecule has 1 unspecified atom stereocenters. The summed E-state index contributed by atoms with van der Waals surface area (Å²) >= 11 is 0. The standard InChI is InChI=1S/C15H14FNO3S/c16-12-3-7-14(8-4-12)20-13-5-1-11(2-6-13)9-21(19)10-15(17)18/h1-8H,9-10H2,(H2,17,18). The maximum Gasteiger partial charge on any atom is 0.230 e. The van der Waals surface area contributed by atoms with Crippen LogP contribution in [-0.4, -0.2) is 15.9 Å². The fourth-order valence-corrected chi connectivity index (χ4v) is 2.67. The van der Waals surface area contributed by atoms with Crippen LogP contribution in [0.4, 0.5) is 4.39 Å². The van der Waals surface area contributed by atoms with Crippen LogP contribution in [0.2, 0.25) is 0 Å². The lowest BCUT2D eigenvalue weighted by atomic mass is 10.2. The number of carbonyl (C=O) groups excluding carboxylic acids is 1. The van der Waals surface area contributed by atoms with Gasteiger partial charge >= 0.3 is 0 Å². The lowest BCUT2D eigenvalue weighted by Crippen LogP contribution is -2.20. The molecule has 2 aromatic carbocycles. The molecule has 1 atom stereocenters. The van der Waals surface area contributed by atoms with E-state index in [9.17, 15) is 13.4 Å². The third-order valence-corrected chi connectivity index (χ3v) is 3.87. The summed E-state index contributed by atoms with van der Waals surface area (Å²) in [7, 11) is -1.31. The fourth-order valence-electron chi connectivity index (χ4n) is 1.69. The number of rotatable bonds is 6. The van der Waals surface area contributed by atoms with Crippen LogP contribution >= 0.6 is 0 Å². The van der Waals surface area contributed by atoms with Gasteiger partial charge in [-0.1, -0.05) is 12.1 Å². The van der Waals surface area contributed by atoms with Crippen molar-refractivity contribution < 1.29 is 18.1 Å². The molecule has 0 radical (unpaired) electrons. The van der Waals surface area contributed by atoms with E-state index in [4.69, 9.17) is 10.5 Å². The number of benzene rings is 2. The van der Waals surface area contributed by atoms with Crippen LogP contribution in [0.1, 0.15) is 5.56 Å². The van der Waals surface area contributed by atoms with E-state index in [0.29, 0.717) is 11.5 Å². The van der Waals surface area contributed by atoms with Gasteiger partial charge in [0.25, 0.3) is 0 Å². The van der Waals surface area contributed by atoms with Crippen LogP contribution < -0.4 is 10.5 Å². The second-order valence-corrected chi connectivity index (χ2v) is 5.85. The number of carbonyl (C=O) groups is 1. The van der Waals surface area contributed by atoms with E-state index in [0.717, 1.165) is 5.56 Å². The summed E-state index contributed by atoms with van der Waals surface area (Å²) in [5.41, 5.74) is 5.81.